The van der Waals surface area contributed by atoms with Crippen LogP contribution in [-0.4, -0.2) is 76.5 Å². The van der Waals surface area contributed by atoms with Crippen molar-refractivity contribution in [1.82, 2.24) is 15.1 Å². The third-order valence-corrected chi connectivity index (χ3v) is 5.79. The van der Waals surface area contributed by atoms with Crippen molar-refractivity contribution in [3.05, 3.63) is 35.4 Å². The molecule has 1 aromatic carbocycles. The minimum atomic E-state index is -0.647. The normalized spacial score (nSPS) is 25.7. The Morgan fingerprint density at radius 3 is 2.52 bits per heavy atom. The molecule has 4 atom stereocenters. The minimum Gasteiger partial charge on any atom is -0.395 e. The molecule has 6 heteroatoms. The SMILES string of the molecule is CC(C)NC(=O)N1CCCCN2[C@H](CO)[C@H](c3ccc(C#C[C@H](C)O)cc3)[C@H]2C1. The van der Waals surface area contributed by atoms with E-state index in [4.69, 9.17) is 0 Å². The first-order chi connectivity index (χ1) is 13.9. The molecule has 0 saturated carbocycles. The van der Waals surface area contributed by atoms with E-state index in [1.807, 2.05) is 30.9 Å². The molecular weight excluding hydrogens is 366 g/mol. The highest BCUT2D eigenvalue weighted by molar-refractivity contribution is 5.74. The van der Waals surface area contributed by atoms with Crippen LogP contribution >= 0.6 is 0 Å². The first-order valence-corrected chi connectivity index (χ1v) is 10.6. The van der Waals surface area contributed by atoms with E-state index < -0.39 is 6.10 Å². The van der Waals surface area contributed by atoms with Gasteiger partial charge >= 0.3 is 6.03 Å². The molecule has 158 valence electrons. The number of aliphatic hydroxyl groups is 2. The van der Waals surface area contributed by atoms with E-state index in [1.54, 1.807) is 6.92 Å². The van der Waals surface area contributed by atoms with Gasteiger partial charge in [0.15, 0.2) is 0 Å². The number of rotatable bonds is 3. The molecule has 0 aromatic heterocycles. The monoisotopic (exact) mass is 399 g/mol. The van der Waals surface area contributed by atoms with Gasteiger partial charge in [-0.2, -0.15) is 0 Å². The Morgan fingerprint density at radius 1 is 1.21 bits per heavy atom. The quantitative estimate of drug-likeness (QED) is 0.677. The summed E-state index contributed by atoms with van der Waals surface area (Å²) in [6, 6.07) is 8.46. The number of benzene rings is 1. The van der Waals surface area contributed by atoms with Gasteiger partial charge in [-0.1, -0.05) is 24.0 Å². The van der Waals surface area contributed by atoms with Crippen molar-refractivity contribution in [2.24, 2.45) is 0 Å². The molecule has 29 heavy (non-hydrogen) atoms. The second-order valence-corrected chi connectivity index (χ2v) is 8.41. The molecule has 0 bridgehead atoms. The minimum absolute atomic E-state index is 0.00297. The maximum Gasteiger partial charge on any atom is 0.317 e. The predicted octanol–water partition coefficient (Wildman–Crippen LogP) is 1.76. The van der Waals surface area contributed by atoms with Gasteiger partial charge in [-0.25, -0.2) is 4.79 Å². The number of fused-ring (bicyclic) bond motifs is 1. The summed E-state index contributed by atoms with van der Waals surface area (Å²) >= 11 is 0. The fourth-order valence-electron chi connectivity index (χ4n) is 4.44. The average molecular weight is 400 g/mol. The molecule has 1 aromatic rings. The Balaban J connectivity index is 1.78. The topological polar surface area (TPSA) is 76.0 Å². The number of urea groups is 1. The largest absolute Gasteiger partial charge is 0.395 e. The maximum absolute atomic E-state index is 12.6. The summed E-state index contributed by atoms with van der Waals surface area (Å²) in [5.41, 5.74) is 2.03. The Kier molecular flexibility index (Phi) is 7.18. The zero-order valence-electron chi connectivity index (χ0n) is 17.6. The highest BCUT2D eigenvalue weighted by atomic mass is 16.3. The molecule has 0 unspecified atom stereocenters. The van der Waals surface area contributed by atoms with E-state index in [1.165, 1.54) is 0 Å². The van der Waals surface area contributed by atoms with Gasteiger partial charge in [0.05, 0.1) is 6.61 Å². The lowest BCUT2D eigenvalue weighted by molar-refractivity contribution is -0.0591. The summed E-state index contributed by atoms with van der Waals surface area (Å²) < 4.78 is 0. The Labute approximate surface area is 173 Å². The van der Waals surface area contributed by atoms with Gasteiger partial charge < -0.3 is 20.4 Å². The molecule has 2 aliphatic heterocycles. The van der Waals surface area contributed by atoms with E-state index in [2.05, 4.69) is 34.2 Å². The van der Waals surface area contributed by atoms with Crippen molar-refractivity contribution in [3.63, 3.8) is 0 Å². The van der Waals surface area contributed by atoms with Gasteiger partial charge in [0, 0.05) is 42.7 Å². The van der Waals surface area contributed by atoms with Crippen molar-refractivity contribution in [3.8, 4) is 11.8 Å². The van der Waals surface area contributed by atoms with Gasteiger partial charge in [0.1, 0.15) is 6.10 Å². The number of carbonyl (C=O) groups is 1. The second kappa shape index (κ2) is 9.62. The first kappa shape index (κ1) is 21.6. The van der Waals surface area contributed by atoms with Gasteiger partial charge in [0.25, 0.3) is 0 Å². The van der Waals surface area contributed by atoms with Crippen LogP contribution in [0.1, 0.15) is 50.7 Å². The molecule has 0 spiro atoms. The van der Waals surface area contributed by atoms with E-state index in [0.717, 1.165) is 37.1 Å². The van der Waals surface area contributed by atoms with Crippen LogP contribution in [0, 0.1) is 11.8 Å². The summed E-state index contributed by atoms with van der Waals surface area (Å²) in [4.78, 5) is 16.9. The van der Waals surface area contributed by atoms with Crippen molar-refractivity contribution >= 4 is 6.03 Å². The van der Waals surface area contributed by atoms with Crippen molar-refractivity contribution in [2.45, 2.75) is 63.8 Å². The third kappa shape index (κ3) is 5.11. The summed E-state index contributed by atoms with van der Waals surface area (Å²) in [5, 5.41) is 22.4. The zero-order chi connectivity index (χ0) is 21.0. The maximum atomic E-state index is 12.6. The molecule has 0 aliphatic carbocycles. The highest BCUT2D eigenvalue weighted by Crippen LogP contribution is 2.41. The molecule has 3 N–H and O–H groups in total. The van der Waals surface area contributed by atoms with Crippen molar-refractivity contribution in [1.29, 1.82) is 0 Å². The van der Waals surface area contributed by atoms with E-state index in [9.17, 15) is 15.0 Å². The smallest absolute Gasteiger partial charge is 0.317 e. The van der Waals surface area contributed by atoms with Crippen LogP contribution in [0.3, 0.4) is 0 Å². The molecule has 2 aliphatic rings. The standard InChI is InChI=1S/C23H33N3O3/c1-16(2)24-23(29)25-12-4-5-13-26-20(14-25)22(21(26)15-27)19-10-8-18(9-11-19)7-6-17(3)28/h8-11,16-17,20-22,27-28H,4-5,12-15H2,1-3H3,(H,24,29)/t17-,20+,21+,22+/m0/s1. The molecule has 3 rings (SSSR count). The van der Waals surface area contributed by atoms with Gasteiger partial charge in [-0.3, -0.25) is 4.90 Å². The lowest BCUT2D eigenvalue weighted by Crippen LogP contribution is -2.68. The molecule has 2 heterocycles. The number of nitrogens with zero attached hydrogens (tertiary/aromatic N) is 2. The van der Waals surface area contributed by atoms with Gasteiger partial charge in [-0.15, -0.1) is 0 Å². The van der Waals surface area contributed by atoms with E-state index >= 15 is 0 Å². The molecular formula is C23H33N3O3. The van der Waals surface area contributed by atoms with Crippen molar-refractivity contribution < 1.29 is 15.0 Å². The van der Waals surface area contributed by atoms with Crippen LogP contribution < -0.4 is 5.32 Å². The number of nitrogens with one attached hydrogen (secondary N) is 1. The first-order valence-electron chi connectivity index (χ1n) is 10.6. The Morgan fingerprint density at radius 2 is 1.90 bits per heavy atom. The highest BCUT2D eigenvalue weighted by Gasteiger charge is 2.49. The van der Waals surface area contributed by atoms with E-state index in [-0.39, 0.29) is 36.7 Å². The fourth-order valence-corrected chi connectivity index (χ4v) is 4.44. The van der Waals surface area contributed by atoms with Gasteiger partial charge in [-0.05, 0) is 57.9 Å². The predicted molar refractivity (Wildman–Crippen MR) is 114 cm³/mol. The second-order valence-electron chi connectivity index (χ2n) is 8.41. The Hall–Kier alpha value is -2.07. The average Bonchev–Trinajstić information content (AvgIpc) is 2.65. The molecule has 2 fully saturated rings. The van der Waals surface area contributed by atoms with Crippen LogP contribution in [0.15, 0.2) is 24.3 Å². The number of aliphatic hydroxyl groups excluding tert-OH is 2. The van der Waals surface area contributed by atoms with Crippen LogP contribution in [0.4, 0.5) is 4.79 Å². The number of hydrogen-bond donors (Lipinski definition) is 3. The third-order valence-electron chi connectivity index (χ3n) is 5.79. The van der Waals surface area contributed by atoms with Crippen LogP contribution in [-0.2, 0) is 0 Å². The fraction of sp³-hybridized carbons (Fsp3) is 0.609. The van der Waals surface area contributed by atoms with Crippen molar-refractivity contribution in [2.75, 3.05) is 26.2 Å². The summed E-state index contributed by atoms with van der Waals surface area (Å²) in [5.74, 6) is 5.91. The Bertz CT molecular complexity index is 751. The summed E-state index contributed by atoms with van der Waals surface area (Å²) in [7, 11) is 0. The molecule has 0 radical (unpaired) electrons. The lowest BCUT2D eigenvalue weighted by Gasteiger charge is -2.57. The van der Waals surface area contributed by atoms with Crippen LogP contribution in [0.5, 0.6) is 0 Å². The lowest BCUT2D eigenvalue weighted by atomic mass is 9.74. The van der Waals surface area contributed by atoms with Crippen LogP contribution in [0.2, 0.25) is 0 Å². The molecule has 2 saturated heterocycles. The summed E-state index contributed by atoms with van der Waals surface area (Å²) in [6.07, 6.45) is 1.36. The molecule has 6 nitrogen and oxygen atoms in total. The van der Waals surface area contributed by atoms with E-state index in [0.29, 0.717) is 6.54 Å². The number of amides is 2. The molecule has 2 amide bonds. The zero-order valence-corrected chi connectivity index (χ0v) is 17.6. The number of hydrogen-bond acceptors (Lipinski definition) is 4. The summed E-state index contributed by atoms with van der Waals surface area (Å²) in [6.45, 7) is 8.11. The van der Waals surface area contributed by atoms with Gasteiger partial charge in [0.2, 0.25) is 0 Å². The van der Waals surface area contributed by atoms with Crippen LogP contribution in [0.25, 0.3) is 0 Å². The number of carbonyl (C=O) groups excluding carboxylic acids is 1.